The number of anilines is 1. The second-order valence-corrected chi connectivity index (χ2v) is 8.30. The Labute approximate surface area is 186 Å². The van der Waals surface area contributed by atoms with Crippen molar-refractivity contribution in [3.63, 3.8) is 0 Å². The molecule has 0 spiro atoms. The molecule has 0 radical (unpaired) electrons. The number of alkyl halides is 1. The Morgan fingerprint density at radius 1 is 1.06 bits per heavy atom. The van der Waals surface area contributed by atoms with E-state index in [0.717, 1.165) is 28.1 Å². The molecule has 1 saturated carbocycles. The van der Waals surface area contributed by atoms with Crippen molar-refractivity contribution < 1.29 is 9.18 Å². The van der Waals surface area contributed by atoms with Crippen molar-refractivity contribution >= 4 is 17.2 Å². The number of nitrogens with one attached hydrogen (secondary N) is 1. The molecule has 32 heavy (non-hydrogen) atoms. The maximum absolute atomic E-state index is 12.6. The van der Waals surface area contributed by atoms with Crippen LogP contribution in [0.1, 0.15) is 36.0 Å². The highest BCUT2D eigenvalue weighted by molar-refractivity contribution is 5.96. The van der Waals surface area contributed by atoms with E-state index in [9.17, 15) is 9.18 Å². The molecule has 0 amide bonds. The van der Waals surface area contributed by atoms with Crippen molar-refractivity contribution in [2.45, 2.75) is 25.7 Å². The fourth-order valence-electron chi connectivity index (χ4n) is 3.87. The summed E-state index contributed by atoms with van der Waals surface area (Å²) < 4.78 is 14.6. The van der Waals surface area contributed by atoms with E-state index in [1.807, 2.05) is 71.4 Å². The Morgan fingerprint density at radius 3 is 2.56 bits per heavy atom. The van der Waals surface area contributed by atoms with Crippen LogP contribution in [0.4, 0.5) is 10.2 Å². The van der Waals surface area contributed by atoms with E-state index in [2.05, 4.69) is 10.3 Å². The van der Waals surface area contributed by atoms with Crippen LogP contribution in [0.25, 0.3) is 28.2 Å². The third-order valence-corrected chi connectivity index (χ3v) is 5.84. The Hall–Kier alpha value is -3.54. The number of imidazole rings is 1. The van der Waals surface area contributed by atoms with Crippen LogP contribution in [-0.4, -0.2) is 33.4 Å². The highest BCUT2D eigenvalue weighted by atomic mass is 19.1. The SMILES string of the molecule is O=C(CC1CC1)c1ccc(-c2cnc3c(NCCCF)nc(-c4ccccc4)cn23)cc1. The zero-order valence-electron chi connectivity index (χ0n) is 17.8. The molecule has 0 unspecified atom stereocenters. The number of ketones is 1. The van der Waals surface area contributed by atoms with Gasteiger partial charge in [0, 0.05) is 35.9 Å². The molecular weight excluding hydrogens is 403 g/mol. The van der Waals surface area contributed by atoms with Crippen molar-refractivity contribution in [3.05, 3.63) is 72.6 Å². The summed E-state index contributed by atoms with van der Waals surface area (Å²) in [5, 5.41) is 3.23. The molecule has 2 aromatic carbocycles. The lowest BCUT2D eigenvalue weighted by Gasteiger charge is -2.11. The molecule has 0 atom stereocenters. The van der Waals surface area contributed by atoms with Gasteiger partial charge in [0.2, 0.25) is 0 Å². The number of carbonyl (C=O) groups excluding carboxylic acids is 1. The summed E-state index contributed by atoms with van der Waals surface area (Å²) in [4.78, 5) is 21.8. The Bertz CT molecular complexity index is 1230. The Morgan fingerprint density at radius 2 is 1.84 bits per heavy atom. The number of benzene rings is 2. The smallest absolute Gasteiger partial charge is 0.180 e. The van der Waals surface area contributed by atoms with Gasteiger partial charge in [0.05, 0.1) is 24.3 Å². The van der Waals surface area contributed by atoms with Gasteiger partial charge in [0.15, 0.2) is 17.2 Å². The summed E-state index contributed by atoms with van der Waals surface area (Å²) in [5.74, 6) is 1.42. The topological polar surface area (TPSA) is 59.3 Å². The molecule has 1 aliphatic rings. The van der Waals surface area contributed by atoms with Crippen molar-refractivity contribution in [1.82, 2.24) is 14.4 Å². The third-order valence-electron chi connectivity index (χ3n) is 5.84. The fraction of sp³-hybridized carbons (Fsp3) is 0.269. The quantitative estimate of drug-likeness (QED) is 0.270. The van der Waals surface area contributed by atoms with Gasteiger partial charge >= 0.3 is 0 Å². The van der Waals surface area contributed by atoms with E-state index in [4.69, 9.17) is 4.98 Å². The molecule has 5 nitrogen and oxygen atoms in total. The number of fused-ring (bicyclic) bond motifs is 1. The highest BCUT2D eigenvalue weighted by Gasteiger charge is 2.25. The number of nitrogens with zero attached hydrogens (tertiary/aromatic N) is 3. The van der Waals surface area contributed by atoms with Gasteiger partial charge in [-0.3, -0.25) is 13.6 Å². The summed E-state index contributed by atoms with van der Waals surface area (Å²) in [6.07, 6.45) is 7.19. The van der Waals surface area contributed by atoms with E-state index >= 15 is 0 Å². The monoisotopic (exact) mass is 428 g/mol. The Balaban J connectivity index is 1.53. The van der Waals surface area contributed by atoms with Crippen LogP contribution in [0.5, 0.6) is 0 Å². The molecule has 4 aromatic rings. The van der Waals surface area contributed by atoms with Crippen LogP contribution in [0.15, 0.2) is 67.0 Å². The van der Waals surface area contributed by atoms with Crippen LogP contribution >= 0.6 is 0 Å². The lowest BCUT2D eigenvalue weighted by molar-refractivity contribution is 0.0976. The number of rotatable bonds is 9. The maximum Gasteiger partial charge on any atom is 0.180 e. The van der Waals surface area contributed by atoms with E-state index in [0.29, 0.717) is 36.8 Å². The van der Waals surface area contributed by atoms with Gasteiger partial charge in [-0.25, -0.2) is 9.97 Å². The molecule has 0 bridgehead atoms. The summed E-state index contributed by atoms with van der Waals surface area (Å²) in [6, 6.07) is 17.7. The van der Waals surface area contributed by atoms with Crippen molar-refractivity contribution in [3.8, 4) is 22.5 Å². The first-order valence-corrected chi connectivity index (χ1v) is 11.1. The third kappa shape index (κ3) is 4.26. The van der Waals surface area contributed by atoms with E-state index in [-0.39, 0.29) is 12.5 Å². The van der Waals surface area contributed by atoms with E-state index < -0.39 is 0 Å². The first kappa shape index (κ1) is 20.4. The molecule has 1 N–H and O–H groups in total. The normalized spacial score (nSPS) is 13.4. The van der Waals surface area contributed by atoms with Gasteiger partial charge in [-0.2, -0.15) is 0 Å². The highest BCUT2D eigenvalue weighted by Crippen LogP contribution is 2.34. The summed E-state index contributed by atoms with van der Waals surface area (Å²) in [5.41, 5.74) is 5.12. The number of carbonyl (C=O) groups is 1. The molecule has 0 aliphatic heterocycles. The minimum absolute atomic E-state index is 0.215. The fourth-order valence-corrected chi connectivity index (χ4v) is 3.87. The predicted octanol–water partition coefficient (Wildman–Crippen LogP) is 5.82. The van der Waals surface area contributed by atoms with Gasteiger partial charge in [-0.1, -0.05) is 54.6 Å². The molecule has 6 heteroatoms. The second kappa shape index (κ2) is 8.91. The average Bonchev–Trinajstić information content (AvgIpc) is 3.54. The van der Waals surface area contributed by atoms with Crippen LogP contribution in [0.3, 0.4) is 0 Å². The molecular formula is C26H25FN4O. The first-order chi connectivity index (χ1) is 15.7. The van der Waals surface area contributed by atoms with Gasteiger partial charge < -0.3 is 5.32 Å². The van der Waals surface area contributed by atoms with Crippen molar-refractivity contribution in [2.75, 3.05) is 18.5 Å². The zero-order valence-corrected chi connectivity index (χ0v) is 17.8. The lowest BCUT2D eigenvalue weighted by Crippen LogP contribution is -2.07. The zero-order chi connectivity index (χ0) is 21.9. The maximum atomic E-state index is 12.6. The summed E-state index contributed by atoms with van der Waals surface area (Å²) in [6.45, 7) is 0.102. The predicted molar refractivity (Wildman–Crippen MR) is 125 cm³/mol. The molecule has 2 aromatic heterocycles. The Kier molecular flexibility index (Phi) is 5.67. The molecule has 1 fully saturated rings. The van der Waals surface area contributed by atoms with Crippen LogP contribution in [-0.2, 0) is 0 Å². The summed E-state index contributed by atoms with van der Waals surface area (Å²) in [7, 11) is 0. The van der Waals surface area contributed by atoms with Gasteiger partial charge in [-0.15, -0.1) is 0 Å². The van der Waals surface area contributed by atoms with E-state index in [1.54, 1.807) is 0 Å². The second-order valence-electron chi connectivity index (χ2n) is 8.30. The number of aromatic nitrogens is 3. The average molecular weight is 429 g/mol. The lowest BCUT2D eigenvalue weighted by atomic mass is 10.0. The van der Waals surface area contributed by atoms with Crippen LogP contribution in [0.2, 0.25) is 0 Å². The van der Waals surface area contributed by atoms with Gasteiger partial charge in [-0.05, 0) is 25.2 Å². The summed E-state index contributed by atoms with van der Waals surface area (Å²) >= 11 is 0. The number of Topliss-reactive ketones (excluding diaryl/α,β-unsaturated/α-hetero) is 1. The molecule has 0 saturated heterocycles. The largest absolute Gasteiger partial charge is 0.367 e. The van der Waals surface area contributed by atoms with E-state index in [1.165, 1.54) is 12.8 Å². The first-order valence-electron chi connectivity index (χ1n) is 11.1. The van der Waals surface area contributed by atoms with Crippen LogP contribution in [0, 0.1) is 5.92 Å². The minimum Gasteiger partial charge on any atom is -0.367 e. The van der Waals surface area contributed by atoms with Gasteiger partial charge in [0.1, 0.15) is 0 Å². The minimum atomic E-state index is -0.382. The standard InChI is InChI=1S/C26H25FN4O/c27-13-4-14-28-25-26-29-16-23(31(26)17-22(30-25)19-5-2-1-3-6-19)20-9-11-21(12-10-20)24(32)15-18-7-8-18/h1-3,5-6,9-12,16-18H,4,7-8,13-15H2,(H,28,30). The molecule has 162 valence electrons. The van der Waals surface area contributed by atoms with Crippen LogP contribution < -0.4 is 5.32 Å². The molecule has 5 rings (SSSR count). The van der Waals surface area contributed by atoms with Crippen molar-refractivity contribution in [1.29, 1.82) is 0 Å². The number of hydrogen-bond donors (Lipinski definition) is 1. The molecule has 1 aliphatic carbocycles. The number of halogens is 1. The van der Waals surface area contributed by atoms with Gasteiger partial charge in [0.25, 0.3) is 0 Å². The van der Waals surface area contributed by atoms with Crippen molar-refractivity contribution in [2.24, 2.45) is 5.92 Å². The molecule has 2 heterocycles. The number of hydrogen-bond acceptors (Lipinski definition) is 4.